The number of hydrogen-bond acceptors (Lipinski definition) is 5. The van der Waals surface area contributed by atoms with Crippen LogP contribution in [-0.2, 0) is 4.79 Å². The molecule has 2 fully saturated rings. The Labute approximate surface area is 151 Å². The van der Waals surface area contributed by atoms with Crippen molar-refractivity contribution >= 4 is 5.78 Å². The van der Waals surface area contributed by atoms with E-state index in [2.05, 4.69) is 0 Å². The van der Waals surface area contributed by atoms with Gasteiger partial charge in [-0.1, -0.05) is 48.0 Å². The molecule has 2 aliphatic rings. The van der Waals surface area contributed by atoms with Gasteiger partial charge in [0.25, 0.3) is 0 Å². The summed E-state index contributed by atoms with van der Waals surface area (Å²) >= 11 is 0. The maximum Gasteiger partial charge on any atom is 0.224 e. The van der Waals surface area contributed by atoms with Gasteiger partial charge in [0.2, 0.25) is 11.6 Å². The van der Waals surface area contributed by atoms with E-state index >= 15 is 0 Å². The fraction of sp³-hybridized carbons (Fsp3) is 0.950. The molecule has 4 N–H and O–H groups in total. The van der Waals surface area contributed by atoms with Gasteiger partial charge in [-0.3, -0.25) is 4.79 Å². The van der Waals surface area contributed by atoms with Crippen LogP contribution < -0.4 is 0 Å². The smallest absolute Gasteiger partial charge is 0.224 e. The Morgan fingerprint density at radius 2 is 1.68 bits per heavy atom. The second-order valence-electron chi connectivity index (χ2n) is 9.71. The number of hydrogen-bond donors (Lipinski definition) is 4. The monoisotopic (exact) mass is 356 g/mol. The lowest BCUT2D eigenvalue weighted by Crippen LogP contribution is -2.76. The third-order valence-electron chi connectivity index (χ3n) is 7.40. The van der Waals surface area contributed by atoms with Gasteiger partial charge in [-0.25, -0.2) is 0 Å². The van der Waals surface area contributed by atoms with Gasteiger partial charge in [0.1, 0.15) is 5.78 Å². The zero-order valence-corrected chi connectivity index (χ0v) is 16.5. The van der Waals surface area contributed by atoms with Crippen molar-refractivity contribution in [1.29, 1.82) is 0 Å². The van der Waals surface area contributed by atoms with Crippen LogP contribution in [0.5, 0.6) is 0 Å². The molecule has 0 aromatic heterocycles. The molecular weight excluding hydrogens is 320 g/mol. The van der Waals surface area contributed by atoms with Crippen molar-refractivity contribution in [2.24, 2.45) is 34.5 Å². The van der Waals surface area contributed by atoms with Crippen molar-refractivity contribution in [1.82, 2.24) is 0 Å². The molecule has 2 saturated carbocycles. The maximum absolute atomic E-state index is 13.2. The Morgan fingerprint density at radius 1 is 1.12 bits per heavy atom. The first-order chi connectivity index (χ1) is 11.2. The summed E-state index contributed by atoms with van der Waals surface area (Å²) < 4.78 is 0. The van der Waals surface area contributed by atoms with Crippen LogP contribution in [0, 0.1) is 34.5 Å². The lowest BCUT2D eigenvalue weighted by molar-refractivity contribution is -0.446. The van der Waals surface area contributed by atoms with Crippen molar-refractivity contribution in [2.45, 2.75) is 85.2 Å². The van der Waals surface area contributed by atoms with Crippen LogP contribution in [0.4, 0.5) is 0 Å². The van der Waals surface area contributed by atoms with E-state index in [-0.39, 0.29) is 30.0 Å². The average molecular weight is 357 g/mol. The van der Waals surface area contributed by atoms with Gasteiger partial charge < -0.3 is 20.4 Å². The fourth-order valence-electron chi connectivity index (χ4n) is 5.95. The predicted octanol–water partition coefficient (Wildman–Crippen LogP) is 2.45. The lowest BCUT2D eigenvalue weighted by Gasteiger charge is -2.66. The molecule has 0 unspecified atom stereocenters. The van der Waals surface area contributed by atoms with Crippen molar-refractivity contribution in [3.63, 3.8) is 0 Å². The number of fused-ring (bicyclic) bond motifs is 1. The molecule has 0 aromatic rings. The van der Waals surface area contributed by atoms with Gasteiger partial charge in [0.15, 0.2) is 0 Å². The normalized spacial score (nSPS) is 40.2. The zero-order valence-electron chi connectivity index (χ0n) is 16.5. The van der Waals surface area contributed by atoms with E-state index < -0.39 is 28.3 Å². The predicted molar refractivity (Wildman–Crippen MR) is 95.3 cm³/mol. The Bertz CT molecular complexity index is 524. The van der Waals surface area contributed by atoms with Crippen LogP contribution in [0.2, 0.25) is 0 Å². The molecule has 146 valence electrons. The minimum Gasteiger partial charge on any atom is -0.361 e. The highest BCUT2D eigenvalue weighted by Gasteiger charge is 2.73. The van der Waals surface area contributed by atoms with E-state index in [0.717, 1.165) is 19.3 Å². The van der Waals surface area contributed by atoms with E-state index in [4.69, 9.17) is 0 Å². The first-order valence-corrected chi connectivity index (χ1v) is 9.64. The number of carbonyl (C=O) groups excluding carboxylic acids is 1. The van der Waals surface area contributed by atoms with Gasteiger partial charge in [0.05, 0.1) is 0 Å². The largest absolute Gasteiger partial charge is 0.361 e. The summed E-state index contributed by atoms with van der Waals surface area (Å²) in [6.45, 7) is 11.6. The summed E-state index contributed by atoms with van der Waals surface area (Å²) in [6, 6.07) is 0. The fourth-order valence-corrected chi connectivity index (χ4v) is 5.95. The Morgan fingerprint density at radius 3 is 2.20 bits per heavy atom. The van der Waals surface area contributed by atoms with Crippen molar-refractivity contribution in [3.05, 3.63) is 0 Å². The van der Waals surface area contributed by atoms with Gasteiger partial charge in [-0.2, -0.15) is 0 Å². The molecule has 5 atom stereocenters. The number of ketones is 1. The molecule has 2 aliphatic carbocycles. The highest BCUT2D eigenvalue weighted by molar-refractivity contribution is 5.82. The number of rotatable bonds is 4. The molecule has 0 bridgehead atoms. The van der Waals surface area contributed by atoms with Crippen LogP contribution in [0.15, 0.2) is 0 Å². The third-order valence-corrected chi connectivity index (χ3v) is 7.40. The minimum absolute atomic E-state index is 0.00928. The topological polar surface area (TPSA) is 98.0 Å². The number of carbonyl (C=O) groups is 1. The zero-order chi connectivity index (χ0) is 19.4. The van der Waals surface area contributed by atoms with Gasteiger partial charge in [-0.05, 0) is 36.0 Å². The molecule has 0 aliphatic heterocycles. The summed E-state index contributed by atoms with van der Waals surface area (Å²) in [5, 5.41) is 42.8. The van der Waals surface area contributed by atoms with Crippen LogP contribution in [-0.4, -0.2) is 37.8 Å². The minimum atomic E-state index is -2.73. The number of aliphatic hydroxyl groups is 4. The average Bonchev–Trinajstić information content (AvgIpc) is 2.43. The molecule has 0 amide bonds. The van der Waals surface area contributed by atoms with E-state index in [1.54, 1.807) is 6.92 Å². The summed E-state index contributed by atoms with van der Waals surface area (Å²) in [5.41, 5.74) is -1.82. The first kappa shape index (κ1) is 20.8. The van der Waals surface area contributed by atoms with E-state index in [0.29, 0.717) is 6.42 Å². The van der Waals surface area contributed by atoms with E-state index in [9.17, 15) is 25.2 Å². The standard InChI is InChI=1S/C20H36O5/c1-7-12(2)10-14(21)16-13(3)8-9-15-17(4,5)11-19(22,23)20(24,25)18(15,16)6/h12-13,15-16,22-25H,7-11H2,1-6H3/t12-,13+,15+,16-,18+/m1/s1. The Kier molecular flexibility index (Phi) is 5.24. The lowest BCUT2D eigenvalue weighted by atomic mass is 9.42. The molecule has 5 nitrogen and oxygen atoms in total. The van der Waals surface area contributed by atoms with Crippen molar-refractivity contribution in [3.8, 4) is 0 Å². The molecule has 0 saturated heterocycles. The summed E-state index contributed by atoms with van der Waals surface area (Å²) in [7, 11) is 0. The highest BCUT2D eigenvalue weighted by atomic mass is 16.6. The van der Waals surface area contributed by atoms with Crippen LogP contribution in [0.1, 0.15) is 73.6 Å². The van der Waals surface area contributed by atoms with Crippen molar-refractivity contribution < 1.29 is 25.2 Å². The maximum atomic E-state index is 13.2. The molecule has 0 radical (unpaired) electrons. The molecule has 2 rings (SSSR count). The Balaban J connectivity index is 2.57. The van der Waals surface area contributed by atoms with Crippen LogP contribution >= 0.6 is 0 Å². The second kappa shape index (κ2) is 6.29. The van der Waals surface area contributed by atoms with Crippen LogP contribution in [0.3, 0.4) is 0 Å². The quantitative estimate of drug-likeness (QED) is 0.580. The third kappa shape index (κ3) is 2.97. The summed E-state index contributed by atoms with van der Waals surface area (Å²) in [6.07, 6.45) is 2.71. The molecule has 0 heterocycles. The summed E-state index contributed by atoms with van der Waals surface area (Å²) in [5.74, 6) is -5.95. The molecule has 0 spiro atoms. The van der Waals surface area contributed by atoms with E-state index in [1.165, 1.54) is 0 Å². The van der Waals surface area contributed by atoms with E-state index in [1.807, 2.05) is 34.6 Å². The van der Waals surface area contributed by atoms with Gasteiger partial charge in [-0.15, -0.1) is 0 Å². The van der Waals surface area contributed by atoms with Crippen molar-refractivity contribution in [2.75, 3.05) is 0 Å². The van der Waals surface area contributed by atoms with Gasteiger partial charge >= 0.3 is 0 Å². The van der Waals surface area contributed by atoms with Crippen LogP contribution in [0.25, 0.3) is 0 Å². The summed E-state index contributed by atoms with van der Waals surface area (Å²) in [4.78, 5) is 13.2. The first-order valence-electron chi connectivity index (χ1n) is 9.64. The number of Topliss-reactive ketones (excluding diaryl/α,β-unsaturated/α-hetero) is 1. The Hall–Kier alpha value is -0.490. The molecule has 5 heteroatoms. The molecule has 0 aromatic carbocycles. The SMILES string of the molecule is CC[C@@H](C)CC(=O)[C@H]1[C@@H](C)CC[C@H]2C(C)(C)CC(O)(O)C(O)(O)[C@]12C. The van der Waals surface area contributed by atoms with Gasteiger partial charge in [0, 0.05) is 24.2 Å². The molecule has 25 heavy (non-hydrogen) atoms. The molecular formula is C20H36O5. The second-order valence-corrected chi connectivity index (χ2v) is 9.71. The highest BCUT2D eigenvalue weighted by Crippen LogP contribution is 2.66.